The summed E-state index contributed by atoms with van der Waals surface area (Å²) < 4.78 is 0. The van der Waals surface area contributed by atoms with Crippen LogP contribution in [-0.2, 0) is 6.54 Å². The molecule has 0 aliphatic heterocycles. The molecule has 5 heteroatoms. The SMILES string of the molecule is CCCN(CCC)C(=O)c1ccc(C(=O)NCc2ccccn2)cc1. The van der Waals surface area contributed by atoms with Crippen molar-refractivity contribution >= 4 is 11.8 Å². The van der Waals surface area contributed by atoms with Crippen LogP contribution in [0.3, 0.4) is 0 Å². The van der Waals surface area contributed by atoms with E-state index < -0.39 is 0 Å². The van der Waals surface area contributed by atoms with Gasteiger partial charge in [0, 0.05) is 30.4 Å². The number of hydrogen-bond acceptors (Lipinski definition) is 3. The second-order valence-electron chi connectivity index (χ2n) is 5.87. The summed E-state index contributed by atoms with van der Waals surface area (Å²) in [6.45, 7) is 6.00. The molecular formula is C20H25N3O2. The maximum absolute atomic E-state index is 12.5. The predicted molar refractivity (Wildman–Crippen MR) is 98.3 cm³/mol. The Kier molecular flexibility index (Phi) is 7.14. The Morgan fingerprint density at radius 1 is 0.960 bits per heavy atom. The first-order valence-electron chi connectivity index (χ1n) is 8.73. The summed E-state index contributed by atoms with van der Waals surface area (Å²) in [6.07, 6.45) is 3.56. The van der Waals surface area contributed by atoms with Crippen LogP contribution in [0.4, 0.5) is 0 Å². The highest BCUT2D eigenvalue weighted by Gasteiger charge is 2.15. The Balaban J connectivity index is 1.98. The summed E-state index contributed by atoms with van der Waals surface area (Å²) in [7, 11) is 0. The van der Waals surface area contributed by atoms with Gasteiger partial charge in [-0.2, -0.15) is 0 Å². The van der Waals surface area contributed by atoms with Gasteiger partial charge in [0.1, 0.15) is 0 Å². The molecule has 0 spiro atoms. The minimum atomic E-state index is -0.177. The molecule has 2 rings (SSSR count). The highest BCUT2D eigenvalue weighted by atomic mass is 16.2. The van der Waals surface area contributed by atoms with Gasteiger partial charge in [-0.15, -0.1) is 0 Å². The van der Waals surface area contributed by atoms with E-state index in [9.17, 15) is 9.59 Å². The van der Waals surface area contributed by atoms with Crippen LogP contribution >= 0.6 is 0 Å². The summed E-state index contributed by atoms with van der Waals surface area (Å²) in [6, 6.07) is 12.4. The van der Waals surface area contributed by atoms with Crippen LogP contribution in [0.2, 0.25) is 0 Å². The third-order valence-corrected chi connectivity index (χ3v) is 3.82. The van der Waals surface area contributed by atoms with Gasteiger partial charge >= 0.3 is 0 Å². The van der Waals surface area contributed by atoms with E-state index in [1.807, 2.05) is 23.1 Å². The number of carbonyl (C=O) groups is 2. The molecule has 1 aromatic heterocycles. The Labute approximate surface area is 149 Å². The zero-order chi connectivity index (χ0) is 18.1. The molecule has 0 fully saturated rings. The maximum Gasteiger partial charge on any atom is 0.253 e. The number of carbonyl (C=O) groups excluding carboxylic acids is 2. The Bertz CT molecular complexity index is 678. The Hall–Kier alpha value is -2.69. The third-order valence-electron chi connectivity index (χ3n) is 3.82. The zero-order valence-electron chi connectivity index (χ0n) is 14.9. The van der Waals surface area contributed by atoms with Crippen molar-refractivity contribution in [2.24, 2.45) is 0 Å². The van der Waals surface area contributed by atoms with Crippen molar-refractivity contribution in [2.45, 2.75) is 33.2 Å². The van der Waals surface area contributed by atoms with Crippen LogP contribution in [0.25, 0.3) is 0 Å². The van der Waals surface area contributed by atoms with Gasteiger partial charge < -0.3 is 10.2 Å². The van der Waals surface area contributed by atoms with Crippen LogP contribution in [-0.4, -0.2) is 34.8 Å². The second-order valence-corrected chi connectivity index (χ2v) is 5.87. The van der Waals surface area contributed by atoms with Gasteiger partial charge in [0.15, 0.2) is 0 Å². The summed E-state index contributed by atoms with van der Waals surface area (Å²) in [4.78, 5) is 30.8. The number of nitrogens with one attached hydrogen (secondary N) is 1. The molecular weight excluding hydrogens is 314 g/mol. The van der Waals surface area contributed by atoms with Gasteiger partial charge in [0.05, 0.1) is 12.2 Å². The number of pyridine rings is 1. The van der Waals surface area contributed by atoms with Crippen LogP contribution in [0.5, 0.6) is 0 Å². The minimum absolute atomic E-state index is 0.0177. The van der Waals surface area contributed by atoms with Crippen LogP contribution in [0.1, 0.15) is 53.1 Å². The number of aromatic nitrogens is 1. The molecule has 1 aromatic carbocycles. The number of benzene rings is 1. The molecule has 0 bridgehead atoms. The van der Waals surface area contributed by atoms with E-state index in [1.54, 1.807) is 30.5 Å². The van der Waals surface area contributed by atoms with E-state index >= 15 is 0 Å². The van der Waals surface area contributed by atoms with Crippen molar-refractivity contribution in [3.63, 3.8) is 0 Å². The Morgan fingerprint density at radius 2 is 1.60 bits per heavy atom. The number of rotatable bonds is 8. The van der Waals surface area contributed by atoms with E-state index in [4.69, 9.17) is 0 Å². The minimum Gasteiger partial charge on any atom is -0.346 e. The van der Waals surface area contributed by atoms with Crippen molar-refractivity contribution in [2.75, 3.05) is 13.1 Å². The molecule has 0 aliphatic rings. The highest BCUT2D eigenvalue weighted by molar-refractivity contribution is 5.97. The predicted octanol–water partition coefficient (Wildman–Crippen LogP) is 3.27. The quantitative estimate of drug-likeness (QED) is 0.803. The summed E-state index contributed by atoms with van der Waals surface area (Å²) >= 11 is 0. The molecule has 1 N–H and O–H groups in total. The summed E-state index contributed by atoms with van der Waals surface area (Å²) in [5, 5.41) is 2.83. The first-order valence-corrected chi connectivity index (χ1v) is 8.73. The average molecular weight is 339 g/mol. The van der Waals surface area contributed by atoms with E-state index in [1.165, 1.54) is 0 Å². The molecule has 5 nitrogen and oxygen atoms in total. The topological polar surface area (TPSA) is 62.3 Å². The molecule has 0 saturated heterocycles. The average Bonchev–Trinajstić information content (AvgIpc) is 2.66. The lowest BCUT2D eigenvalue weighted by molar-refractivity contribution is 0.0755. The van der Waals surface area contributed by atoms with Crippen LogP contribution < -0.4 is 5.32 Å². The van der Waals surface area contributed by atoms with Gasteiger partial charge in [-0.1, -0.05) is 19.9 Å². The first kappa shape index (κ1) is 18.6. The van der Waals surface area contributed by atoms with Crippen LogP contribution in [0.15, 0.2) is 48.7 Å². The summed E-state index contributed by atoms with van der Waals surface area (Å²) in [5.41, 5.74) is 1.95. The zero-order valence-corrected chi connectivity index (χ0v) is 14.9. The van der Waals surface area contributed by atoms with Crippen molar-refractivity contribution < 1.29 is 9.59 Å². The van der Waals surface area contributed by atoms with Gasteiger partial charge in [-0.25, -0.2) is 0 Å². The van der Waals surface area contributed by atoms with Crippen LogP contribution in [0, 0.1) is 0 Å². The normalized spacial score (nSPS) is 10.3. The second kappa shape index (κ2) is 9.57. The highest BCUT2D eigenvalue weighted by Crippen LogP contribution is 2.09. The molecule has 0 atom stereocenters. The smallest absolute Gasteiger partial charge is 0.253 e. The van der Waals surface area contributed by atoms with Gasteiger partial charge in [-0.05, 0) is 49.2 Å². The fourth-order valence-corrected chi connectivity index (χ4v) is 2.58. The number of hydrogen-bond donors (Lipinski definition) is 1. The third kappa shape index (κ3) is 5.41. The van der Waals surface area contributed by atoms with Crippen molar-refractivity contribution in [1.82, 2.24) is 15.2 Å². The van der Waals surface area contributed by atoms with E-state index in [0.717, 1.165) is 31.6 Å². The molecule has 1 heterocycles. The molecule has 0 aliphatic carbocycles. The molecule has 2 amide bonds. The fourth-order valence-electron chi connectivity index (χ4n) is 2.58. The first-order chi connectivity index (χ1) is 12.2. The number of nitrogens with zero attached hydrogens (tertiary/aromatic N) is 2. The lowest BCUT2D eigenvalue weighted by atomic mass is 10.1. The molecule has 0 saturated carbocycles. The summed E-state index contributed by atoms with van der Waals surface area (Å²) in [5.74, 6) is -0.159. The lowest BCUT2D eigenvalue weighted by Gasteiger charge is -2.21. The van der Waals surface area contributed by atoms with E-state index in [2.05, 4.69) is 24.1 Å². The van der Waals surface area contributed by atoms with E-state index in [0.29, 0.717) is 17.7 Å². The van der Waals surface area contributed by atoms with E-state index in [-0.39, 0.29) is 11.8 Å². The molecule has 0 unspecified atom stereocenters. The maximum atomic E-state index is 12.5. The fraction of sp³-hybridized carbons (Fsp3) is 0.350. The number of amides is 2. The van der Waals surface area contributed by atoms with Crippen molar-refractivity contribution in [1.29, 1.82) is 0 Å². The molecule has 0 radical (unpaired) electrons. The largest absolute Gasteiger partial charge is 0.346 e. The lowest BCUT2D eigenvalue weighted by Crippen LogP contribution is -2.32. The molecule has 2 aromatic rings. The van der Waals surface area contributed by atoms with Gasteiger partial charge in [-0.3, -0.25) is 14.6 Å². The monoisotopic (exact) mass is 339 g/mol. The van der Waals surface area contributed by atoms with Crippen molar-refractivity contribution in [3.05, 3.63) is 65.5 Å². The standard InChI is InChI=1S/C20H25N3O2/c1-3-13-23(14-4-2)20(25)17-10-8-16(9-11-17)19(24)22-15-18-7-5-6-12-21-18/h5-12H,3-4,13-15H2,1-2H3,(H,22,24). The van der Waals surface area contributed by atoms with Gasteiger partial charge in [0.2, 0.25) is 0 Å². The van der Waals surface area contributed by atoms with Crippen molar-refractivity contribution in [3.8, 4) is 0 Å². The molecule has 25 heavy (non-hydrogen) atoms. The molecule has 132 valence electrons. The van der Waals surface area contributed by atoms with Gasteiger partial charge in [0.25, 0.3) is 11.8 Å². The Morgan fingerprint density at radius 3 is 2.16 bits per heavy atom.